The van der Waals surface area contributed by atoms with E-state index in [0.29, 0.717) is 18.9 Å². The summed E-state index contributed by atoms with van der Waals surface area (Å²) in [6.07, 6.45) is 1.49. The van der Waals surface area contributed by atoms with Crippen molar-refractivity contribution in [1.29, 1.82) is 0 Å². The fourth-order valence-electron chi connectivity index (χ4n) is 3.11. The minimum atomic E-state index is -0.319. The molecule has 0 spiro atoms. The highest BCUT2D eigenvalue weighted by Crippen LogP contribution is 2.21. The lowest BCUT2D eigenvalue weighted by Gasteiger charge is -2.24. The molecule has 1 aromatic heterocycles. The number of rotatable bonds is 6. The number of benzene rings is 2. The zero-order valence-corrected chi connectivity index (χ0v) is 16.2. The Kier molecular flexibility index (Phi) is 5.83. The summed E-state index contributed by atoms with van der Waals surface area (Å²) in [4.78, 5) is 13.9. The summed E-state index contributed by atoms with van der Waals surface area (Å²) < 4.78 is 11.2. The molecule has 4 rings (SSSR count). The van der Waals surface area contributed by atoms with Gasteiger partial charge < -0.3 is 20.1 Å². The third-order valence-electron chi connectivity index (χ3n) is 4.55. The molecule has 1 aliphatic rings. The molecule has 2 N–H and O–H groups in total. The maximum atomic E-state index is 12.5. The number of aromatic nitrogens is 3. The van der Waals surface area contributed by atoms with Crippen LogP contribution in [0.15, 0.2) is 54.7 Å². The van der Waals surface area contributed by atoms with Gasteiger partial charge in [0.15, 0.2) is 5.69 Å². The first-order valence-corrected chi connectivity index (χ1v) is 9.62. The van der Waals surface area contributed by atoms with Gasteiger partial charge >= 0.3 is 0 Å². The predicted molar refractivity (Wildman–Crippen MR) is 108 cm³/mol. The highest BCUT2D eigenvalue weighted by molar-refractivity contribution is 6.02. The van der Waals surface area contributed by atoms with Crippen LogP contribution in [0.3, 0.4) is 0 Å². The van der Waals surface area contributed by atoms with Crippen molar-refractivity contribution in [3.05, 3.63) is 66.0 Å². The Hall–Kier alpha value is -3.23. The second kappa shape index (κ2) is 8.85. The summed E-state index contributed by atoms with van der Waals surface area (Å²) in [6, 6.07) is 15.0. The number of carbonyl (C=O) groups excluding carboxylic acids is 1. The van der Waals surface area contributed by atoms with Crippen LogP contribution in [0.2, 0.25) is 0 Å². The summed E-state index contributed by atoms with van der Waals surface area (Å²) in [5.74, 6) is 0.408. The van der Waals surface area contributed by atoms with Crippen LogP contribution in [0.1, 0.15) is 29.1 Å². The van der Waals surface area contributed by atoms with Gasteiger partial charge in [-0.15, -0.1) is 5.10 Å². The molecule has 1 atom stereocenters. The van der Waals surface area contributed by atoms with E-state index in [1.165, 1.54) is 11.0 Å². The molecule has 0 bridgehead atoms. The smallest absolute Gasteiger partial charge is 0.277 e. The number of anilines is 1. The fraction of sp³-hybridized carbons (Fsp3) is 0.286. The molecule has 0 aliphatic carbocycles. The van der Waals surface area contributed by atoms with E-state index in [2.05, 4.69) is 20.8 Å². The number of ether oxygens (including phenoxy) is 2. The number of morpholine rings is 1. The molecule has 1 fully saturated rings. The van der Waals surface area contributed by atoms with Crippen molar-refractivity contribution in [2.24, 2.45) is 0 Å². The minimum absolute atomic E-state index is 0.0425. The van der Waals surface area contributed by atoms with Crippen LogP contribution in [-0.4, -0.2) is 47.2 Å². The molecule has 150 valence electrons. The van der Waals surface area contributed by atoms with Crippen molar-refractivity contribution in [2.75, 3.05) is 31.6 Å². The van der Waals surface area contributed by atoms with Crippen molar-refractivity contribution < 1.29 is 14.3 Å². The average molecular weight is 393 g/mol. The molecule has 8 nitrogen and oxygen atoms in total. The average Bonchev–Trinajstić information content (AvgIpc) is 3.26. The Bertz CT molecular complexity index is 964. The SMILES string of the molecule is CCOc1cccc(-n2ncc(C(=O)Nc3ccc(C4CNCCO4)cc3)n2)c1. The second-order valence-corrected chi connectivity index (χ2v) is 6.59. The third kappa shape index (κ3) is 4.61. The molecule has 1 aliphatic heterocycles. The first kappa shape index (κ1) is 19.1. The molecule has 2 aromatic carbocycles. The van der Waals surface area contributed by atoms with Gasteiger partial charge in [0, 0.05) is 24.8 Å². The van der Waals surface area contributed by atoms with E-state index in [1.807, 2.05) is 55.5 Å². The van der Waals surface area contributed by atoms with Crippen molar-refractivity contribution in [3.63, 3.8) is 0 Å². The van der Waals surface area contributed by atoms with Crippen molar-refractivity contribution >= 4 is 11.6 Å². The number of nitrogens with one attached hydrogen (secondary N) is 2. The summed E-state index contributed by atoms with van der Waals surface area (Å²) in [7, 11) is 0. The maximum Gasteiger partial charge on any atom is 0.277 e. The van der Waals surface area contributed by atoms with Gasteiger partial charge in [0.2, 0.25) is 0 Å². The van der Waals surface area contributed by atoms with Crippen LogP contribution in [0, 0.1) is 0 Å². The second-order valence-electron chi connectivity index (χ2n) is 6.59. The number of nitrogens with zero attached hydrogens (tertiary/aromatic N) is 3. The Morgan fingerprint density at radius 2 is 2.17 bits per heavy atom. The first-order valence-electron chi connectivity index (χ1n) is 9.62. The van der Waals surface area contributed by atoms with Gasteiger partial charge in [-0.2, -0.15) is 9.90 Å². The molecule has 0 saturated carbocycles. The van der Waals surface area contributed by atoms with E-state index in [-0.39, 0.29) is 17.7 Å². The summed E-state index contributed by atoms with van der Waals surface area (Å²) in [6.45, 7) is 4.87. The van der Waals surface area contributed by atoms with Crippen LogP contribution in [-0.2, 0) is 4.74 Å². The Morgan fingerprint density at radius 1 is 1.31 bits per heavy atom. The zero-order valence-electron chi connectivity index (χ0n) is 16.2. The van der Waals surface area contributed by atoms with E-state index < -0.39 is 0 Å². The highest BCUT2D eigenvalue weighted by Gasteiger charge is 2.16. The molecule has 3 aromatic rings. The zero-order chi connectivity index (χ0) is 20.1. The molecular formula is C21H23N5O3. The van der Waals surface area contributed by atoms with Crippen LogP contribution in [0.25, 0.3) is 5.69 Å². The maximum absolute atomic E-state index is 12.5. The van der Waals surface area contributed by atoms with Gasteiger partial charge in [0.25, 0.3) is 5.91 Å². The van der Waals surface area contributed by atoms with Crippen LogP contribution < -0.4 is 15.4 Å². The van der Waals surface area contributed by atoms with E-state index in [4.69, 9.17) is 9.47 Å². The standard InChI is InChI=1S/C21H23N5O3/c1-2-28-18-5-3-4-17(12-18)26-23-13-19(25-26)21(27)24-16-8-6-15(7-9-16)20-14-22-10-11-29-20/h3-9,12-13,20,22H,2,10-11,14H2,1H3,(H,24,27). The number of hydrogen-bond donors (Lipinski definition) is 2. The van der Waals surface area contributed by atoms with E-state index >= 15 is 0 Å². The minimum Gasteiger partial charge on any atom is -0.494 e. The Morgan fingerprint density at radius 3 is 2.93 bits per heavy atom. The Balaban J connectivity index is 1.42. The molecule has 1 amide bonds. The first-order chi connectivity index (χ1) is 14.2. The number of carbonyl (C=O) groups is 1. The molecule has 29 heavy (non-hydrogen) atoms. The van der Waals surface area contributed by atoms with E-state index in [0.717, 1.165) is 30.1 Å². The van der Waals surface area contributed by atoms with E-state index in [1.54, 1.807) is 0 Å². The van der Waals surface area contributed by atoms with Crippen LogP contribution >= 0.6 is 0 Å². The molecule has 2 heterocycles. The highest BCUT2D eigenvalue weighted by atomic mass is 16.5. The molecule has 0 radical (unpaired) electrons. The summed E-state index contributed by atoms with van der Waals surface area (Å²) in [5.41, 5.74) is 2.72. The Labute approximate surface area is 168 Å². The lowest BCUT2D eigenvalue weighted by atomic mass is 10.1. The quantitative estimate of drug-likeness (QED) is 0.669. The van der Waals surface area contributed by atoms with Gasteiger partial charge in [0.05, 0.1) is 31.2 Å². The number of hydrogen-bond acceptors (Lipinski definition) is 6. The lowest BCUT2D eigenvalue weighted by molar-refractivity contribution is 0.0277. The molecular weight excluding hydrogens is 370 g/mol. The fourth-order valence-corrected chi connectivity index (χ4v) is 3.11. The van der Waals surface area contributed by atoms with Crippen molar-refractivity contribution in [3.8, 4) is 11.4 Å². The lowest BCUT2D eigenvalue weighted by Crippen LogP contribution is -2.33. The van der Waals surface area contributed by atoms with Gasteiger partial charge in [0.1, 0.15) is 5.75 Å². The van der Waals surface area contributed by atoms with Crippen LogP contribution in [0.5, 0.6) is 5.75 Å². The normalized spacial score (nSPS) is 16.4. The number of amides is 1. The predicted octanol–water partition coefficient (Wildman–Crippen LogP) is 2.58. The van der Waals surface area contributed by atoms with Gasteiger partial charge in [-0.25, -0.2) is 0 Å². The third-order valence-corrected chi connectivity index (χ3v) is 4.55. The monoisotopic (exact) mass is 393 g/mol. The molecule has 1 unspecified atom stereocenters. The van der Waals surface area contributed by atoms with Gasteiger partial charge in [-0.3, -0.25) is 4.79 Å². The largest absolute Gasteiger partial charge is 0.494 e. The van der Waals surface area contributed by atoms with Crippen molar-refractivity contribution in [1.82, 2.24) is 20.3 Å². The molecule has 1 saturated heterocycles. The van der Waals surface area contributed by atoms with Gasteiger partial charge in [-0.05, 0) is 36.8 Å². The van der Waals surface area contributed by atoms with Crippen LogP contribution in [0.4, 0.5) is 5.69 Å². The molecule has 8 heteroatoms. The van der Waals surface area contributed by atoms with Crippen molar-refractivity contribution in [2.45, 2.75) is 13.0 Å². The summed E-state index contributed by atoms with van der Waals surface area (Å²) in [5, 5.41) is 14.6. The summed E-state index contributed by atoms with van der Waals surface area (Å²) >= 11 is 0. The topological polar surface area (TPSA) is 90.3 Å². The van der Waals surface area contributed by atoms with Gasteiger partial charge in [-0.1, -0.05) is 18.2 Å². The van der Waals surface area contributed by atoms with E-state index in [9.17, 15) is 4.79 Å².